The van der Waals surface area contributed by atoms with Crippen LogP contribution in [0.5, 0.6) is 0 Å². The summed E-state index contributed by atoms with van der Waals surface area (Å²) < 4.78 is 13.6. The standard InChI is InChI=1S/C19H12FNOS/c1-12-2-4-13(5-3-12)16-7-6-14(8-15(16)10-21)18-9-17(20)19(11-22)23-18/h2-9,11H,1H3. The van der Waals surface area contributed by atoms with Gasteiger partial charge in [-0.2, -0.15) is 5.26 Å². The molecule has 0 spiro atoms. The highest BCUT2D eigenvalue weighted by Crippen LogP contribution is 2.33. The largest absolute Gasteiger partial charge is 0.297 e. The number of thiophene rings is 1. The fraction of sp³-hybridized carbons (Fsp3) is 0.0526. The van der Waals surface area contributed by atoms with Gasteiger partial charge in [-0.1, -0.05) is 42.0 Å². The molecule has 0 atom stereocenters. The van der Waals surface area contributed by atoms with E-state index in [0.29, 0.717) is 16.7 Å². The number of carbonyl (C=O) groups is 1. The van der Waals surface area contributed by atoms with Gasteiger partial charge in [0.1, 0.15) is 10.7 Å². The molecule has 1 aromatic heterocycles. The van der Waals surface area contributed by atoms with E-state index < -0.39 is 5.82 Å². The molecular weight excluding hydrogens is 309 g/mol. The van der Waals surface area contributed by atoms with Crippen LogP contribution in [0.25, 0.3) is 21.6 Å². The molecule has 0 amide bonds. The van der Waals surface area contributed by atoms with Crippen molar-refractivity contribution < 1.29 is 9.18 Å². The van der Waals surface area contributed by atoms with Crippen LogP contribution in [-0.2, 0) is 0 Å². The van der Waals surface area contributed by atoms with Crippen LogP contribution in [0.1, 0.15) is 20.8 Å². The number of halogens is 1. The molecule has 0 N–H and O–H groups in total. The van der Waals surface area contributed by atoms with Crippen LogP contribution >= 0.6 is 11.3 Å². The summed E-state index contributed by atoms with van der Waals surface area (Å²) in [5, 5.41) is 9.43. The molecule has 4 heteroatoms. The van der Waals surface area contributed by atoms with Crippen LogP contribution in [0.3, 0.4) is 0 Å². The van der Waals surface area contributed by atoms with E-state index in [-0.39, 0.29) is 4.88 Å². The summed E-state index contributed by atoms with van der Waals surface area (Å²) in [6.07, 6.45) is 0.509. The molecule has 0 aliphatic carbocycles. The fourth-order valence-corrected chi connectivity index (χ4v) is 3.23. The van der Waals surface area contributed by atoms with E-state index in [1.165, 1.54) is 6.07 Å². The van der Waals surface area contributed by atoms with Gasteiger partial charge < -0.3 is 0 Å². The first-order valence-corrected chi connectivity index (χ1v) is 7.80. The predicted molar refractivity (Wildman–Crippen MR) is 90.0 cm³/mol. The molecule has 0 saturated heterocycles. The first-order valence-electron chi connectivity index (χ1n) is 6.98. The Morgan fingerprint density at radius 2 is 1.78 bits per heavy atom. The molecule has 0 aliphatic rings. The van der Waals surface area contributed by atoms with Gasteiger partial charge in [0.2, 0.25) is 0 Å². The third-order valence-electron chi connectivity index (χ3n) is 3.61. The van der Waals surface area contributed by atoms with Crippen molar-refractivity contribution in [1.29, 1.82) is 5.26 Å². The number of rotatable bonds is 3. The minimum Gasteiger partial charge on any atom is -0.297 e. The highest BCUT2D eigenvalue weighted by atomic mass is 32.1. The molecule has 3 aromatic rings. The van der Waals surface area contributed by atoms with Crippen molar-refractivity contribution in [2.24, 2.45) is 0 Å². The lowest BCUT2D eigenvalue weighted by molar-refractivity contribution is 0.112. The Bertz CT molecular complexity index is 920. The van der Waals surface area contributed by atoms with Crippen molar-refractivity contribution in [3.63, 3.8) is 0 Å². The van der Waals surface area contributed by atoms with Crippen molar-refractivity contribution in [1.82, 2.24) is 0 Å². The summed E-state index contributed by atoms with van der Waals surface area (Å²) in [5.41, 5.74) is 4.20. The summed E-state index contributed by atoms with van der Waals surface area (Å²) in [6, 6.07) is 16.9. The molecule has 2 nitrogen and oxygen atoms in total. The average Bonchev–Trinajstić information content (AvgIpc) is 2.96. The molecule has 3 rings (SSSR count). The maximum absolute atomic E-state index is 13.6. The molecular formula is C19H12FNOS. The van der Waals surface area contributed by atoms with Crippen LogP contribution < -0.4 is 0 Å². The number of hydrogen-bond acceptors (Lipinski definition) is 3. The van der Waals surface area contributed by atoms with E-state index in [1.54, 1.807) is 6.07 Å². The molecule has 1 heterocycles. The van der Waals surface area contributed by atoms with Gasteiger partial charge >= 0.3 is 0 Å². The lowest BCUT2D eigenvalue weighted by Gasteiger charge is -2.07. The Hall–Kier alpha value is -2.77. The monoisotopic (exact) mass is 321 g/mol. The van der Waals surface area contributed by atoms with Crippen molar-refractivity contribution in [3.05, 3.63) is 70.4 Å². The summed E-state index contributed by atoms with van der Waals surface area (Å²) in [6.45, 7) is 2.01. The highest BCUT2D eigenvalue weighted by molar-refractivity contribution is 7.17. The van der Waals surface area contributed by atoms with Crippen LogP contribution in [0.4, 0.5) is 4.39 Å². The van der Waals surface area contributed by atoms with Gasteiger partial charge in [-0.3, -0.25) is 4.79 Å². The minimum atomic E-state index is -0.527. The second kappa shape index (κ2) is 6.15. The van der Waals surface area contributed by atoms with Crippen molar-refractivity contribution >= 4 is 17.6 Å². The number of hydrogen-bond donors (Lipinski definition) is 0. The Kier molecular flexibility index (Phi) is 4.05. The van der Waals surface area contributed by atoms with E-state index in [0.717, 1.165) is 33.6 Å². The van der Waals surface area contributed by atoms with Crippen LogP contribution in [0.15, 0.2) is 48.5 Å². The third kappa shape index (κ3) is 2.92. The zero-order valence-corrected chi connectivity index (χ0v) is 13.2. The van der Waals surface area contributed by atoms with Crippen LogP contribution in [-0.4, -0.2) is 6.29 Å². The molecule has 0 saturated carbocycles. The van der Waals surface area contributed by atoms with Crippen LogP contribution in [0, 0.1) is 24.1 Å². The number of aldehydes is 1. The molecule has 0 fully saturated rings. The lowest BCUT2D eigenvalue weighted by Crippen LogP contribution is -1.86. The topological polar surface area (TPSA) is 40.9 Å². The normalized spacial score (nSPS) is 10.3. The van der Waals surface area contributed by atoms with Gasteiger partial charge in [-0.05, 0) is 35.7 Å². The number of benzene rings is 2. The Labute approximate surface area is 137 Å². The molecule has 2 aromatic carbocycles. The smallest absolute Gasteiger partial charge is 0.163 e. The Morgan fingerprint density at radius 1 is 1.09 bits per heavy atom. The van der Waals surface area contributed by atoms with Crippen LogP contribution in [0.2, 0.25) is 0 Å². The quantitative estimate of drug-likeness (QED) is 0.621. The third-order valence-corrected chi connectivity index (χ3v) is 4.69. The van der Waals surface area contributed by atoms with Crippen molar-refractivity contribution in [2.75, 3.05) is 0 Å². The van der Waals surface area contributed by atoms with Gasteiger partial charge in [-0.25, -0.2) is 4.39 Å². The van der Waals surface area contributed by atoms with Crippen molar-refractivity contribution in [2.45, 2.75) is 6.92 Å². The number of carbonyl (C=O) groups excluding carboxylic acids is 1. The Morgan fingerprint density at radius 3 is 2.39 bits per heavy atom. The van der Waals surface area contributed by atoms with E-state index >= 15 is 0 Å². The highest BCUT2D eigenvalue weighted by Gasteiger charge is 2.12. The first kappa shape index (κ1) is 15.1. The maximum Gasteiger partial charge on any atom is 0.163 e. The van der Waals surface area contributed by atoms with E-state index in [2.05, 4.69) is 6.07 Å². The average molecular weight is 321 g/mol. The zero-order valence-electron chi connectivity index (χ0n) is 12.3. The SMILES string of the molecule is Cc1ccc(-c2ccc(-c3cc(F)c(C=O)s3)cc2C#N)cc1. The summed E-state index contributed by atoms with van der Waals surface area (Å²) in [4.78, 5) is 11.5. The number of aryl methyl sites for hydroxylation is 1. The lowest BCUT2D eigenvalue weighted by atomic mass is 9.97. The summed E-state index contributed by atoms with van der Waals surface area (Å²) in [5.74, 6) is -0.527. The predicted octanol–water partition coefficient (Wildman–Crippen LogP) is 5.21. The maximum atomic E-state index is 13.6. The second-order valence-electron chi connectivity index (χ2n) is 5.18. The van der Waals surface area contributed by atoms with E-state index in [4.69, 9.17) is 0 Å². The van der Waals surface area contributed by atoms with Gasteiger partial charge in [0, 0.05) is 4.88 Å². The van der Waals surface area contributed by atoms with Gasteiger partial charge in [0.05, 0.1) is 11.6 Å². The molecule has 0 radical (unpaired) electrons. The molecule has 112 valence electrons. The summed E-state index contributed by atoms with van der Waals surface area (Å²) in [7, 11) is 0. The van der Waals surface area contributed by atoms with Gasteiger partial charge in [0.15, 0.2) is 6.29 Å². The zero-order chi connectivity index (χ0) is 16.4. The summed E-state index contributed by atoms with van der Waals surface area (Å²) >= 11 is 1.08. The second-order valence-corrected chi connectivity index (χ2v) is 6.26. The first-order chi connectivity index (χ1) is 11.1. The molecule has 0 unspecified atom stereocenters. The van der Waals surface area contributed by atoms with E-state index in [9.17, 15) is 14.4 Å². The molecule has 23 heavy (non-hydrogen) atoms. The van der Waals surface area contributed by atoms with Gasteiger partial charge in [0.25, 0.3) is 0 Å². The van der Waals surface area contributed by atoms with E-state index in [1.807, 2.05) is 43.3 Å². The van der Waals surface area contributed by atoms with Crippen molar-refractivity contribution in [3.8, 4) is 27.6 Å². The molecule has 0 aliphatic heterocycles. The van der Waals surface area contributed by atoms with Gasteiger partial charge in [-0.15, -0.1) is 11.3 Å². The Balaban J connectivity index is 2.07. The fourth-order valence-electron chi connectivity index (χ4n) is 2.38. The number of nitrogens with zero attached hydrogens (tertiary/aromatic N) is 1. The minimum absolute atomic E-state index is 0.0705. The molecule has 0 bridgehead atoms. The number of nitriles is 1.